The third-order valence-corrected chi connectivity index (χ3v) is 1.20. The first kappa shape index (κ1) is 43.8. The van der Waals surface area contributed by atoms with Gasteiger partial charge in [-0.15, -0.1) is 0 Å². The van der Waals surface area contributed by atoms with Crippen molar-refractivity contribution in [1.29, 1.82) is 0 Å². The lowest BCUT2D eigenvalue weighted by Gasteiger charge is -1.87. The zero-order valence-corrected chi connectivity index (χ0v) is 11.2. The van der Waals surface area contributed by atoms with Gasteiger partial charge in [0.2, 0.25) is 11.8 Å². The molecule has 2 amide bonds. The second-order valence-corrected chi connectivity index (χ2v) is 2.05. The second-order valence-electron chi connectivity index (χ2n) is 2.05. The van der Waals surface area contributed by atoms with E-state index in [0.29, 0.717) is 12.8 Å². The monoisotopic (exact) mass is 290 g/mol. The van der Waals surface area contributed by atoms with Crippen molar-refractivity contribution in [2.24, 2.45) is 0 Å². The van der Waals surface area contributed by atoms with Gasteiger partial charge in [-0.05, 0) is 0 Å². The lowest BCUT2D eigenvalue weighted by molar-refractivity contribution is -0.121. The third kappa shape index (κ3) is 49.9. The van der Waals surface area contributed by atoms with E-state index in [1.807, 2.05) is 13.8 Å². The van der Waals surface area contributed by atoms with Crippen LogP contribution in [0.3, 0.4) is 0 Å². The minimum atomic E-state index is 0. The molecule has 17 heavy (non-hydrogen) atoms. The topological polar surface area (TPSA) is 58.2 Å². The van der Waals surface area contributed by atoms with Crippen LogP contribution in [0.2, 0.25) is 0 Å². The van der Waals surface area contributed by atoms with E-state index in [0.717, 1.165) is 0 Å². The molecule has 0 aromatic heterocycles. The summed E-state index contributed by atoms with van der Waals surface area (Å²) in [5, 5.41) is 4.95. The summed E-state index contributed by atoms with van der Waals surface area (Å²) in [5.41, 5.74) is 0. The number of carbonyl (C=O) groups excluding carboxylic acids is 2. The van der Waals surface area contributed by atoms with Crippen LogP contribution in [0.5, 0.6) is 0 Å². The van der Waals surface area contributed by atoms with Crippen LogP contribution in [-0.4, -0.2) is 25.9 Å². The average molecular weight is 291 g/mol. The minimum Gasteiger partial charge on any atom is -0.359 e. The Bertz CT molecular complexity index is 117. The van der Waals surface area contributed by atoms with Gasteiger partial charge in [0.25, 0.3) is 0 Å². The maximum Gasteiger partial charge on any atom is 0.219 e. The maximum atomic E-state index is 10.1. The maximum absolute atomic E-state index is 10.1. The van der Waals surface area contributed by atoms with E-state index in [1.165, 1.54) is 0 Å². The molecule has 0 atom stereocenters. The molecule has 0 unspecified atom stereocenters. The Morgan fingerprint density at radius 3 is 0.941 bits per heavy atom. The van der Waals surface area contributed by atoms with Crippen LogP contribution >= 0.6 is 27.0 Å². The van der Waals surface area contributed by atoms with Crippen molar-refractivity contribution in [1.82, 2.24) is 10.6 Å². The summed E-state index contributed by atoms with van der Waals surface area (Å²) in [7, 11) is 3.26. The van der Waals surface area contributed by atoms with Crippen LogP contribution in [0, 0.1) is 0 Å². The van der Waals surface area contributed by atoms with Crippen LogP contribution in [0.4, 0.5) is 0 Å². The predicted octanol–water partition coefficient (Wildman–Crippen LogP) is 2.42. The highest BCUT2D eigenvalue weighted by atomic mass is 32.1. The van der Waals surface area contributed by atoms with Gasteiger partial charge >= 0.3 is 0 Å². The molecule has 0 saturated heterocycles. The lowest BCUT2D eigenvalue weighted by Crippen LogP contribution is -2.15. The quantitative estimate of drug-likeness (QED) is 0.820. The summed E-state index contributed by atoms with van der Waals surface area (Å²) in [6, 6.07) is 0. The third-order valence-electron chi connectivity index (χ3n) is 1.20. The normalized spacial score (nSPS) is 5.41. The molecule has 0 aliphatic rings. The Morgan fingerprint density at radius 1 is 0.765 bits per heavy atom. The predicted molar refractivity (Wildman–Crippen MR) is 89.7 cm³/mol. The number of nitrogens with one attached hydrogen (secondary N) is 2. The van der Waals surface area contributed by atoms with E-state index in [9.17, 15) is 9.59 Å². The molecule has 0 bridgehead atoms. The van der Waals surface area contributed by atoms with Gasteiger partial charge in [-0.3, -0.25) is 9.59 Å². The zero-order valence-electron chi connectivity index (χ0n) is 9.23. The molecule has 0 saturated carbocycles. The van der Waals surface area contributed by atoms with Crippen molar-refractivity contribution < 1.29 is 9.59 Å². The number of hydrogen-bond donors (Lipinski definition) is 2. The lowest BCUT2D eigenvalue weighted by atomic mass is 10.5. The molecule has 0 aromatic rings. The Hall–Kier alpha value is -0.360. The van der Waals surface area contributed by atoms with Crippen molar-refractivity contribution in [2.75, 3.05) is 14.1 Å². The van der Waals surface area contributed by atoms with Crippen LogP contribution < -0.4 is 10.6 Å². The van der Waals surface area contributed by atoms with Crippen molar-refractivity contribution in [3.05, 3.63) is 0 Å². The van der Waals surface area contributed by atoms with E-state index in [4.69, 9.17) is 0 Å². The highest BCUT2D eigenvalue weighted by molar-refractivity contribution is 7.59. The van der Waals surface area contributed by atoms with E-state index < -0.39 is 0 Å². The Balaban J connectivity index is -0.0000000182. The van der Waals surface area contributed by atoms with Crippen LogP contribution in [0.25, 0.3) is 0 Å². The molecule has 0 aliphatic carbocycles. The van der Waals surface area contributed by atoms with Crippen molar-refractivity contribution in [3.8, 4) is 0 Å². The summed E-state index contributed by atoms with van der Waals surface area (Å²) in [4.78, 5) is 20.1. The molecule has 0 fully saturated rings. The van der Waals surface area contributed by atoms with Gasteiger partial charge in [-0.25, -0.2) is 0 Å². The first-order valence-electron chi connectivity index (χ1n) is 4.03. The molecule has 2 N–H and O–H groups in total. The van der Waals surface area contributed by atoms with Gasteiger partial charge in [0.1, 0.15) is 0 Å². The summed E-state index contributed by atoms with van der Waals surface area (Å²) in [5.74, 6) is 0.185. The van der Waals surface area contributed by atoms with Gasteiger partial charge in [0.15, 0.2) is 0 Å². The Kier molecular flexibility index (Phi) is 92.9. The van der Waals surface area contributed by atoms with Crippen LogP contribution in [0.1, 0.15) is 49.0 Å². The van der Waals surface area contributed by atoms with Gasteiger partial charge in [0.05, 0.1) is 0 Å². The highest BCUT2D eigenvalue weighted by Gasteiger charge is 1.85. The fraction of sp³-hybridized carbons (Fsp3) is 0.818. The van der Waals surface area contributed by atoms with Gasteiger partial charge < -0.3 is 10.6 Å². The van der Waals surface area contributed by atoms with Gasteiger partial charge in [0, 0.05) is 26.9 Å². The van der Waals surface area contributed by atoms with Crippen molar-refractivity contribution in [2.45, 2.75) is 49.0 Å². The molecular weight excluding hydrogens is 256 g/mol. The summed E-state index contributed by atoms with van der Waals surface area (Å²) in [6.07, 6.45) is 1.16. The fourth-order valence-electron chi connectivity index (χ4n) is 0.354. The Morgan fingerprint density at radius 2 is 0.941 bits per heavy atom. The number of carbonyl (C=O) groups is 2. The number of amides is 2. The van der Waals surface area contributed by atoms with Crippen LogP contribution in [-0.2, 0) is 9.59 Å². The number of hydrogen-bond acceptors (Lipinski definition) is 2. The molecule has 0 heterocycles. The summed E-state index contributed by atoms with van der Waals surface area (Å²) in [6.45, 7) is 3.64. The Labute approximate surface area is 122 Å². The highest BCUT2D eigenvalue weighted by Crippen LogP contribution is 1.68. The largest absolute Gasteiger partial charge is 0.359 e. The zero-order chi connectivity index (χ0) is 9.98. The molecule has 0 aromatic carbocycles. The molecule has 0 aliphatic heterocycles. The summed E-state index contributed by atoms with van der Waals surface area (Å²) >= 11 is 0. The number of rotatable bonds is 2. The van der Waals surface area contributed by atoms with Crippen molar-refractivity contribution >= 4 is 38.8 Å². The van der Waals surface area contributed by atoms with Crippen molar-refractivity contribution in [3.63, 3.8) is 0 Å². The van der Waals surface area contributed by atoms with E-state index in [1.54, 1.807) is 14.1 Å². The average Bonchev–Trinajstić information content (AvgIpc) is 2.16. The van der Waals surface area contributed by atoms with Crippen LogP contribution in [0.15, 0.2) is 0 Å². The molecule has 0 spiro atoms. The second kappa shape index (κ2) is 36.1. The molecule has 6 heteroatoms. The first-order chi connectivity index (χ1) is 5.62. The van der Waals surface area contributed by atoms with Gasteiger partial charge in [-0.1, -0.05) is 36.1 Å². The SMILES string of the molecule is C.C.C.CCC(=O)NC.CCC(=O)NC.S.S. The van der Waals surface area contributed by atoms with Gasteiger partial charge in [-0.2, -0.15) is 27.0 Å². The molecule has 0 rings (SSSR count). The molecular formula is C11H34N2O2S2. The standard InChI is InChI=1S/2C4H9NO.3CH4.2H2S/c2*1-3-4(6)5-2;;;;;/h2*3H2,1-2H3,(H,5,6);3*1H4;2*1H2. The molecule has 112 valence electrons. The smallest absolute Gasteiger partial charge is 0.219 e. The summed E-state index contributed by atoms with van der Waals surface area (Å²) < 4.78 is 0. The van der Waals surface area contributed by atoms with E-state index >= 15 is 0 Å². The fourth-order valence-corrected chi connectivity index (χ4v) is 0.354. The van der Waals surface area contributed by atoms with E-state index in [-0.39, 0.29) is 61.1 Å². The van der Waals surface area contributed by atoms with E-state index in [2.05, 4.69) is 10.6 Å². The molecule has 0 radical (unpaired) electrons. The first-order valence-corrected chi connectivity index (χ1v) is 4.03. The molecule has 4 nitrogen and oxygen atoms in total. The minimum absolute atomic E-state index is 0.